The van der Waals surface area contributed by atoms with Crippen LogP contribution in [0, 0.1) is 6.92 Å². The van der Waals surface area contributed by atoms with Crippen molar-refractivity contribution in [2.75, 3.05) is 61.4 Å². The number of nitrogens with one attached hydrogen (secondary N) is 1. The van der Waals surface area contributed by atoms with Gasteiger partial charge in [-0.2, -0.15) is 13.2 Å². The van der Waals surface area contributed by atoms with Crippen LogP contribution in [0.15, 0.2) is 60.9 Å². The number of aromatic nitrogens is 1. The van der Waals surface area contributed by atoms with E-state index >= 15 is 0 Å². The van der Waals surface area contributed by atoms with Crippen molar-refractivity contribution in [2.24, 2.45) is 0 Å². The van der Waals surface area contributed by atoms with Gasteiger partial charge in [0.2, 0.25) is 0 Å². The van der Waals surface area contributed by atoms with Gasteiger partial charge in [-0.3, -0.25) is 9.78 Å². The lowest BCUT2D eigenvalue weighted by molar-refractivity contribution is -0.137. The minimum Gasteiger partial charge on any atom is -0.370 e. The van der Waals surface area contributed by atoms with Crippen molar-refractivity contribution >= 4 is 23.0 Å². The van der Waals surface area contributed by atoms with E-state index in [-0.39, 0.29) is 11.6 Å². The number of piperazine rings is 1. The van der Waals surface area contributed by atoms with E-state index in [1.807, 2.05) is 31.5 Å². The quantitative estimate of drug-likeness (QED) is 0.485. The molecular formula is C29H32F3N5O. The Labute approximate surface area is 221 Å². The maximum absolute atomic E-state index is 13.1. The first-order chi connectivity index (χ1) is 18.2. The van der Waals surface area contributed by atoms with Gasteiger partial charge in [0.1, 0.15) is 0 Å². The Morgan fingerprint density at radius 2 is 1.68 bits per heavy atom. The topological polar surface area (TPSA) is 51.7 Å². The molecule has 1 N–H and O–H groups in total. The fraction of sp³-hybridized carbons (Fsp3) is 0.379. The number of likely N-dealkylation sites (N-methyl/N-ethyl adjacent to an activating group) is 1. The van der Waals surface area contributed by atoms with E-state index in [9.17, 15) is 18.0 Å². The number of alkyl halides is 3. The minimum absolute atomic E-state index is 0.117. The highest BCUT2D eigenvalue weighted by atomic mass is 19.4. The number of nitrogens with zero attached hydrogens (tertiary/aromatic N) is 4. The summed E-state index contributed by atoms with van der Waals surface area (Å²) in [5, 5.41) is 2.62. The molecule has 38 heavy (non-hydrogen) atoms. The first-order valence-electron chi connectivity index (χ1n) is 12.9. The molecule has 3 aromatic rings. The Balaban J connectivity index is 1.28. The van der Waals surface area contributed by atoms with Gasteiger partial charge >= 0.3 is 6.18 Å². The molecule has 9 heteroatoms. The molecule has 2 saturated heterocycles. The SMILES string of the molecule is Cc1ccc(C(=O)Nc2cccc(C(F)(F)F)c2)cc1C1CCN(c2cncc(N3CCN(C)CC3)c2)C1. The molecule has 0 bridgehead atoms. The maximum Gasteiger partial charge on any atom is 0.416 e. The van der Waals surface area contributed by atoms with Crippen LogP contribution in [0.4, 0.5) is 30.2 Å². The molecule has 2 aliphatic heterocycles. The molecule has 0 saturated carbocycles. The summed E-state index contributed by atoms with van der Waals surface area (Å²) in [5.74, 6) is -0.187. The second-order valence-electron chi connectivity index (χ2n) is 10.2. The molecule has 2 fully saturated rings. The number of benzene rings is 2. The predicted molar refractivity (Wildman–Crippen MR) is 144 cm³/mol. The van der Waals surface area contributed by atoms with Crippen LogP contribution in [0.1, 0.15) is 39.4 Å². The number of halogens is 3. The van der Waals surface area contributed by atoms with Gasteiger partial charge in [0.05, 0.1) is 29.3 Å². The summed E-state index contributed by atoms with van der Waals surface area (Å²) >= 11 is 0. The van der Waals surface area contributed by atoms with Crippen LogP contribution in [-0.2, 0) is 6.18 Å². The van der Waals surface area contributed by atoms with Crippen LogP contribution in [0.5, 0.6) is 0 Å². The third kappa shape index (κ3) is 5.78. The summed E-state index contributed by atoms with van der Waals surface area (Å²) in [6.45, 7) is 7.77. The monoisotopic (exact) mass is 523 g/mol. The number of amides is 1. The normalized spacial score (nSPS) is 18.6. The Hall–Kier alpha value is -3.59. The van der Waals surface area contributed by atoms with E-state index in [0.717, 1.165) is 80.3 Å². The first kappa shape index (κ1) is 26.0. The summed E-state index contributed by atoms with van der Waals surface area (Å²) in [4.78, 5) is 24.5. The summed E-state index contributed by atoms with van der Waals surface area (Å²) < 4.78 is 39.2. The van der Waals surface area contributed by atoms with Gasteiger partial charge in [-0.25, -0.2) is 0 Å². The molecule has 0 radical (unpaired) electrons. The van der Waals surface area contributed by atoms with E-state index in [4.69, 9.17) is 0 Å². The number of carbonyl (C=O) groups excluding carboxylic acids is 1. The zero-order valence-corrected chi connectivity index (χ0v) is 21.6. The zero-order valence-electron chi connectivity index (χ0n) is 21.6. The standard InChI is InChI=1S/C29H32F3N5O/c1-20-6-7-21(28(38)34-24-5-3-4-23(15-24)29(30,31)32)14-27(20)22-8-9-37(19-22)26-16-25(17-33-18-26)36-12-10-35(2)11-13-36/h3-7,14-18,22H,8-13,19H2,1-2H3,(H,34,38). The van der Waals surface area contributed by atoms with Crippen molar-refractivity contribution in [1.29, 1.82) is 0 Å². The van der Waals surface area contributed by atoms with Crippen molar-refractivity contribution in [3.63, 3.8) is 0 Å². The van der Waals surface area contributed by atoms with E-state index in [0.29, 0.717) is 5.56 Å². The lowest BCUT2D eigenvalue weighted by atomic mass is 9.92. The zero-order chi connectivity index (χ0) is 26.9. The van der Waals surface area contributed by atoms with Crippen LogP contribution in [0.25, 0.3) is 0 Å². The molecule has 0 spiro atoms. The number of hydrogen-bond donors (Lipinski definition) is 1. The van der Waals surface area contributed by atoms with E-state index in [1.54, 1.807) is 6.07 Å². The van der Waals surface area contributed by atoms with Crippen molar-refractivity contribution in [3.05, 3.63) is 83.2 Å². The van der Waals surface area contributed by atoms with Crippen molar-refractivity contribution in [3.8, 4) is 0 Å². The molecule has 200 valence electrons. The molecule has 1 amide bonds. The van der Waals surface area contributed by atoms with Crippen LogP contribution in [-0.4, -0.2) is 62.1 Å². The Kier molecular flexibility index (Phi) is 7.29. The molecule has 1 aromatic heterocycles. The van der Waals surface area contributed by atoms with Crippen LogP contribution < -0.4 is 15.1 Å². The maximum atomic E-state index is 13.1. The van der Waals surface area contributed by atoms with Gasteiger partial charge in [-0.05, 0) is 67.9 Å². The Morgan fingerprint density at radius 1 is 0.947 bits per heavy atom. The predicted octanol–water partition coefficient (Wildman–Crippen LogP) is 5.41. The largest absolute Gasteiger partial charge is 0.416 e. The van der Waals surface area contributed by atoms with Crippen molar-refractivity contribution < 1.29 is 18.0 Å². The van der Waals surface area contributed by atoms with Crippen LogP contribution in [0.3, 0.4) is 0 Å². The molecule has 2 aromatic carbocycles. The first-order valence-corrected chi connectivity index (χ1v) is 12.9. The van der Waals surface area contributed by atoms with Crippen molar-refractivity contribution in [2.45, 2.75) is 25.4 Å². The van der Waals surface area contributed by atoms with Gasteiger partial charge in [0, 0.05) is 56.4 Å². The van der Waals surface area contributed by atoms with E-state index in [2.05, 4.69) is 38.1 Å². The van der Waals surface area contributed by atoms with Crippen LogP contribution in [0.2, 0.25) is 0 Å². The number of carbonyl (C=O) groups is 1. The molecular weight excluding hydrogens is 491 g/mol. The minimum atomic E-state index is -4.47. The summed E-state index contributed by atoms with van der Waals surface area (Å²) in [7, 11) is 2.14. The second-order valence-corrected chi connectivity index (χ2v) is 10.2. The molecule has 5 rings (SSSR count). The summed E-state index contributed by atoms with van der Waals surface area (Å²) in [6.07, 6.45) is 0.316. The lowest BCUT2D eigenvalue weighted by Gasteiger charge is -2.34. The molecule has 3 heterocycles. The van der Waals surface area contributed by atoms with E-state index in [1.165, 1.54) is 12.1 Å². The number of pyridine rings is 1. The molecule has 2 aliphatic rings. The Morgan fingerprint density at radius 3 is 2.42 bits per heavy atom. The molecule has 1 unspecified atom stereocenters. The van der Waals surface area contributed by atoms with Gasteiger partial charge in [0.25, 0.3) is 5.91 Å². The number of hydrogen-bond acceptors (Lipinski definition) is 5. The Bertz CT molecular complexity index is 1300. The average Bonchev–Trinajstić information content (AvgIpc) is 3.39. The van der Waals surface area contributed by atoms with Gasteiger partial charge in [0.15, 0.2) is 0 Å². The number of aryl methyl sites for hydroxylation is 1. The summed E-state index contributed by atoms with van der Waals surface area (Å²) in [6, 6.07) is 12.4. The van der Waals surface area contributed by atoms with E-state index < -0.39 is 17.6 Å². The fourth-order valence-electron chi connectivity index (χ4n) is 5.27. The third-order valence-corrected chi connectivity index (χ3v) is 7.56. The molecule has 0 aliphatic carbocycles. The smallest absolute Gasteiger partial charge is 0.370 e. The highest BCUT2D eigenvalue weighted by molar-refractivity contribution is 6.04. The third-order valence-electron chi connectivity index (χ3n) is 7.56. The lowest BCUT2D eigenvalue weighted by Crippen LogP contribution is -2.44. The highest BCUT2D eigenvalue weighted by Gasteiger charge is 2.31. The van der Waals surface area contributed by atoms with Gasteiger partial charge in [-0.15, -0.1) is 0 Å². The second kappa shape index (κ2) is 10.6. The van der Waals surface area contributed by atoms with Crippen LogP contribution >= 0.6 is 0 Å². The average molecular weight is 524 g/mol. The molecule has 1 atom stereocenters. The fourth-order valence-corrected chi connectivity index (χ4v) is 5.27. The highest BCUT2D eigenvalue weighted by Crippen LogP contribution is 2.34. The van der Waals surface area contributed by atoms with Gasteiger partial charge < -0.3 is 20.0 Å². The van der Waals surface area contributed by atoms with Gasteiger partial charge in [-0.1, -0.05) is 12.1 Å². The number of anilines is 3. The number of rotatable bonds is 5. The van der Waals surface area contributed by atoms with Crippen molar-refractivity contribution in [1.82, 2.24) is 9.88 Å². The summed E-state index contributed by atoms with van der Waals surface area (Å²) in [5.41, 5.74) is 4.18. The molecule has 6 nitrogen and oxygen atoms in total.